The third kappa shape index (κ3) is 7.54. The van der Waals surface area contributed by atoms with Gasteiger partial charge >= 0.3 is 0 Å². The molecule has 0 unspecified atom stereocenters. The predicted molar refractivity (Wildman–Crippen MR) is 223 cm³/mol. The number of nitrogens with zero attached hydrogens (tertiary/aromatic N) is 5. The summed E-state index contributed by atoms with van der Waals surface area (Å²) in [5.74, 6) is 0.321. The molecule has 4 aliphatic rings. The van der Waals surface area contributed by atoms with Crippen LogP contribution in [0.2, 0.25) is 0 Å². The maximum atomic E-state index is 14.7. The average Bonchev–Trinajstić information content (AvgIpc) is 3.72. The number of morpholine rings is 1. The number of ether oxygens (including phenoxy) is 2. The molecule has 8 rings (SSSR count). The quantitative estimate of drug-likeness (QED) is 0.200. The number of carbonyl (C=O) groups excluding carboxylic acids is 2. The van der Waals surface area contributed by atoms with E-state index in [1.165, 1.54) is 12.0 Å². The molecule has 0 bridgehead atoms. The van der Waals surface area contributed by atoms with Gasteiger partial charge in [0.2, 0.25) is 10.0 Å². The number of allylic oxidation sites excluding steroid dienone is 1. The van der Waals surface area contributed by atoms with Crippen LogP contribution in [0.4, 0.5) is 0 Å². The minimum absolute atomic E-state index is 0.0620. The summed E-state index contributed by atoms with van der Waals surface area (Å²) < 4.78 is 44.2. The van der Waals surface area contributed by atoms with Gasteiger partial charge in [0.1, 0.15) is 5.75 Å². The van der Waals surface area contributed by atoms with Gasteiger partial charge in [-0.2, -0.15) is 5.10 Å². The Balaban J connectivity index is 1.35. The molecule has 2 amide bonds. The van der Waals surface area contributed by atoms with E-state index in [2.05, 4.69) is 44.1 Å². The third-order valence-electron chi connectivity index (χ3n) is 12.5. The number of nitrogens with one attached hydrogen (secondary N) is 1. The molecule has 3 fully saturated rings. The lowest BCUT2D eigenvalue weighted by Gasteiger charge is -2.35. The van der Waals surface area contributed by atoms with Crippen molar-refractivity contribution in [3.8, 4) is 17.0 Å². The van der Waals surface area contributed by atoms with E-state index in [1.54, 1.807) is 33.2 Å². The fourth-order valence-corrected chi connectivity index (χ4v) is 10.1. The Bertz CT molecular complexity index is 2320. The highest BCUT2D eigenvalue weighted by atomic mass is 32.2. The first kappa shape index (κ1) is 39.4. The minimum Gasteiger partial charge on any atom is -0.497 e. The Morgan fingerprint density at radius 1 is 0.947 bits per heavy atom. The lowest BCUT2D eigenvalue weighted by molar-refractivity contribution is -0.0586. The largest absolute Gasteiger partial charge is 0.497 e. The molecular formula is C44H56N6O6S. The Morgan fingerprint density at radius 2 is 1.67 bits per heavy atom. The molecule has 57 heavy (non-hydrogen) atoms. The standard InChI is InChI=1S/C44H56N6O6S/c1-27(2)57(53,54)46-43(51)31-12-14-37-39(22-31)49-26-33(20-32-21-35(55-6)13-15-36(32)42(49)40(37)30-10-8-7-9-11-30)41-38(44(52)48-24-28(3)56-29(4)25-48)23-45-50(41)34-16-18-47(5)19-17-34/h12-15,20-23,27-30,34H,7-11,16-19,24-26H2,1-6H3,(H,46,51)/t28-,29+. The number of methoxy groups -OCH3 is 1. The van der Waals surface area contributed by atoms with E-state index in [9.17, 15) is 18.0 Å². The first-order chi connectivity index (χ1) is 27.3. The molecule has 1 N–H and O–H groups in total. The zero-order valence-corrected chi connectivity index (χ0v) is 34.9. The summed E-state index contributed by atoms with van der Waals surface area (Å²) in [5, 5.41) is 5.33. The summed E-state index contributed by atoms with van der Waals surface area (Å²) in [5.41, 5.74) is 7.79. The summed E-state index contributed by atoms with van der Waals surface area (Å²) >= 11 is 0. The SMILES string of the molecule is COc1ccc2c(c1)C=C(c1c(C(=O)N3C[C@@H](C)O[C@@H](C)C3)cnn1C1CCN(C)CC1)Cn1c-2c(C2CCCCC2)c2ccc(C(=O)NS(=O)(=O)C(C)C)cc21. The number of fused-ring (bicyclic) bond motifs is 5. The molecule has 0 spiro atoms. The molecule has 1 saturated carbocycles. The van der Waals surface area contributed by atoms with Crippen molar-refractivity contribution in [2.45, 2.75) is 109 Å². The van der Waals surface area contributed by atoms with E-state index >= 15 is 0 Å². The van der Waals surface area contributed by atoms with Crippen molar-refractivity contribution >= 4 is 44.4 Å². The number of amides is 2. The number of piperidine rings is 1. The van der Waals surface area contributed by atoms with E-state index in [0.717, 1.165) is 96.4 Å². The molecule has 0 radical (unpaired) electrons. The summed E-state index contributed by atoms with van der Waals surface area (Å²) in [4.78, 5) is 32.6. The van der Waals surface area contributed by atoms with Gasteiger partial charge in [0.15, 0.2) is 0 Å². The monoisotopic (exact) mass is 796 g/mol. The zero-order chi connectivity index (χ0) is 40.2. The van der Waals surface area contributed by atoms with Crippen LogP contribution in [0.3, 0.4) is 0 Å². The summed E-state index contributed by atoms with van der Waals surface area (Å²) in [6, 6.07) is 11.9. The normalized spacial score (nSPS) is 21.2. The van der Waals surface area contributed by atoms with Gasteiger partial charge in [-0.15, -0.1) is 0 Å². The van der Waals surface area contributed by atoms with Gasteiger partial charge in [0.25, 0.3) is 11.8 Å². The lowest BCUT2D eigenvalue weighted by atomic mass is 9.81. The number of likely N-dealkylation sites (tertiary alicyclic amines) is 1. The van der Waals surface area contributed by atoms with Crippen LogP contribution in [0.1, 0.15) is 122 Å². The summed E-state index contributed by atoms with van der Waals surface area (Å²) in [6.07, 6.45) is 11.2. The Kier molecular flexibility index (Phi) is 10.9. The second kappa shape index (κ2) is 15.7. The van der Waals surface area contributed by atoms with Gasteiger partial charge in [0, 0.05) is 35.1 Å². The van der Waals surface area contributed by atoms with Crippen LogP contribution in [-0.4, -0.2) is 102 Å². The number of hydrogen-bond donors (Lipinski definition) is 1. The fraction of sp³-hybridized carbons (Fsp3) is 0.523. The molecule has 13 heteroatoms. The first-order valence-corrected chi connectivity index (χ1v) is 22.2. The average molecular weight is 797 g/mol. The molecule has 1 aliphatic carbocycles. The van der Waals surface area contributed by atoms with Gasteiger partial charge in [-0.3, -0.25) is 14.3 Å². The van der Waals surface area contributed by atoms with Crippen LogP contribution in [0.15, 0.2) is 42.6 Å². The zero-order valence-electron chi connectivity index (χ0n) is 34.1. The molecule has 2 aromatic carbocycles. The lowest BCUT2D eigenvalue weighted by Crippen LogP contribution is -2.48. The topological polar surface area (TPSA) is 128 Å². The molecular weight excluding hydrogens is 741 g/mol. The number of carbonyl (C=O) groups is 2. The molecule has 4 aromatic rings. The van der Waals surface area contributed by atoms with Crippen molar-refractivity contribution in [1.29, 1.82) is 0 Å². The number of aromatic nitrogens is 3. The Hall–Kier alpha value is -4.46. The number of sulfonamides is 1. The van der Waals surface area contributed by atoms with Crippen LogP contribution in [0, 0.1) is 0 Å². The highest BCUT2D eigenvalue weighted by molar-refractivity contribution is 7.90. The molecule has 2 atom stereocenters. The van der Waals surface area contributed by atoms with Crippen LogP contribution in [-0.2, 0) is 21.3 Å². The van der Waals surface area contributed by atoms with Crippen LogP contribution in [0.25, 0.3) is 33.8 Å². The van der Waals surface area contributed by atoms with Gasteiger partial charge in [-0.1, -0.05) is 25.3 Å². The molecule has 5 heterocycles. The number of benzene rings is 2. The Labute approximate surface area is 336 Å². The van der Waals surface area contributed by atoms with E-state index in [1.807, 2.05) is 36.9 Å². The highest BCUT2D eigenvalue weighted by Gasteiger charge is 2.35. The van der Waals surface area contributed by atoms with Crippen LogP contribution in [0.5, 0.6) is 5.75 Å². The van der Waals surface area contributed by atoms with E-state index in [4.69, 9.17) is 14.6 Å². The number of rotatable bonds is 8. The second-order valence-electron chi connectivity index (χ2n) is 16.9. The molecule has 2 aromatic heterocycles. The van der Waals surface area contributed by atoms with E-state index < -0.39 is 21.2 Å². The van der Waals surface area contributed by atoms with Crippen molar-refractivity contribution in [3.05, 3.63) is 70.5 Å². The fourth-order valence-electron chi connectivity index (χ4n) is 9.50. The van der Waals surface area contributed by atoms with Gasteiger partial charge in [-0.25, -0.2) is 13.1 Å². The van der Waals surface area contributed by atoms with Crippen molar-refractivity contribution in [2.24, 2.45) is 0 Å². The molecule has 12 nitrogen and oxygen atoms in total. The van der Waals surface area contributed by atoms with Crippen molar-refractivity contribution in [1.82, 2.24) is 28.9 Å². The minimum atomic E-state index is -3.85. The second-order valence-corrected chi connectivity index (χ2v) is 19.2. The van der Waals surface area contributed by atoms with E-state index in [0.29, 0.717) is 31.1 Å². The third-order valence-corrected chi connectivity index (χ3v) is 14.2. The molecule has 3 aliphatic heterocycles. The highest BCUT2D eigenvalue weighted by Crippen LogP contribution is 2.48. The predicted octanol–water partition coefficient (Wildman–Crippen LogP) is 7.10. The summed E-state index contributed by atoms with van der Waals surface area (Å²) in [6.45, 7) is 10.4. The van der Waals surface area contributed by atoms with Crippen molar-refractivity contribution in [2.75, 3.05) is 40.3 Å². The van der Waals surface area contributed by atoms with Crippen LogP contribution >= 0.6 is 0 Å². The van der Waals surface area contributed by atoms with Crippen molar-refractivity contribution < 1.29 is 27.5 Å². The van der Waals surface area contributed by atoms with Gasteiger partial charge in [-0.05, 0) is 133 Å². The molecule has 304 valence electrons. The van der Waals surface area contributed by atoms with E-state index in [-0.39, 0.29) is 29.7 Å². The first-order valence-electron chi connectivity index (χ1n) is 20.6. The maximum Gasteiger partial charge on any atom is 0.264 e. The Morgan fingerprint density at radius 3 is 2.35 bits per heavy atom. The van der Waals surface area contributed by atoms with Gasteiger partial charge < -0.3 is 23.8 Å². The smallest absolute Gasteiger partial charge is 0.264 e. The molecule has 2 saturated heterocycles. The van der Waals surface area contributed by atoms with Gasteiger partial charge in [0.05, 0.1) is 60.3 Å². The summed E-state index contributed by atoms with van der Waals surface area (Å²) in [7, 11) is -0.0324. The maximum absolute atomic E-state index is 14.7. The van der Waals surface area contributed by atoms with Crippen molar-refractivity contribution in [3.63, 3.8) is 0 Å². The van der Waals surface area contributed by atoms with Crippen LogP contribution < -0.4 is 9.46 Å². The number of hydrogen-bond acceptors (Lipinski definition) is 8.